The standard InChI is InChI=1S/C22H23N3O6S/c1-22(2,20(27)29-4)21(28)31-13-30-18-14-9-5-6-10-15(14)32-25(3)17(18)19(26)24-16-11-7-8-12-23-16/h5-12H,13H2,1-4H3,(H,23,24,26). The van der Waals surface area contributed by atoms with Crippen molar-refractivity contribution in [3.05, 3.63) is 59.9 Å². The lowest BCUT2D eigenvalue weighted by molar-refractivity contribution is -0.173. The van der Waals surface area contributed by atoms with Crippen LogP contribution in [0, 0.1) is 5.41 Å². The van der Waals surface area contributed by atoms with Crippen LogP contribution in [0.25, 0.3) is 5.76 Å². The minimum atomic E-state index is -1.50. The van der Waals surface area contributed by atoms with E-state index in [1.54, 1.807) is 41.8 Å². The van der Waals surface area contributed by atoms with Crippen molar-refractivity contribution in [1.29, 1.82) is 0 Å². The molecular formula is C22H23N3O6S. The zero-order valence-corrected chi connectivity index (χ0v) is 18.9. The number of ether oxygens (including phenoxy) is 3. The summed E-state index contributed by atoms with van der Waals surface area (Å²) in [6, 6.07) is 12.5. The highest BCUT2D eigenvalue weighted by Crippen LogP contribution is 2.40. The lowest BCUT2D eigenvalue weighted by atomic mass is 9.94. The Bertz CT molecular complexity index is 1050. The van der Waals surface area contributed by atoms with Crippen LogP contribution in [0.5, 0.6) is 0 Å². The van der Waals surface area contributed by atoms with E-state index in [0.717, 1.165) is 4.90 Å². The molecule has 0 fully saturated rings. The van der Waals surface area contributed by atoms with Gasteiger partial charge in [0.1, 0.15) is 5.82 Å². The fourth-order valence-corrected chi connectivity index (χ4v) is 3.81. The summed E-state index contributed by atoms with van der Waals surface area (Å²) < 4.78 is 17.2. The number of rotatable bonds is 7. The maximum Gasteiger partial charge on any atom is 0.325 e. The molecule has 1 aromatic carbocycles. The average Bonchev–Trinajstić information content (AvgIpc) is 2.78. The minimum absolute atomic E-state index is 0.225. The van der Waals surface area contributed by atoms with Crippen LogP contribution in [0.15, 0.2) is 59.3 Å². The summed E-state index contributed by atoms with van der Waals surface area (Å²) in [5.74, 6) is -1.36. The molecule has 0 unspecified atom stereocenters. The summed E-state index contributed by atoms with van der Waals surface area (Å²) in [7, 11) is 2.92. The molecule has 1 amide bonds. The van der Waals surface area contributed by atoms with Crippen LogP contribution >= 0.6 is 11.9 Å². The second-order valence-electron chi connectivity index (χ2n) is 7.24. The largest absolute Gasteiger partial charge is 0.468 e. The van der Waals surface area contributed by atoms with Gasteiger partial charge in [0.2, 0.25) is 6.79 Å². The molecule has 168 valence electrons. The second kappa shape index (κ2) is 9.73. The number of esters is 2. The lowest BCUT2D eigenvalue weighted by Gasteiger charge is -2.29. The molecule has 0 radical (unpaired) electrons. The van der Waals surface area contributed by atoms with E-state index in [4.69, 9.17) is 9.47 Å². The van der Waals surface area contributed by atoms with E-state index >= 15 is 0 Å². The third kappa shape index (κ3) is 4.86. The number of hydrogen-bond donors (Lipinski definition) is 1. The first-order chi connectivity index (χ1) is 15.3. The van der Waals surface area contributed by atoms with E-state index in [2.05, 4.69) is 15.0 Å². The first-order valence-corrected chi connectivity index (χ1v) is 10.4. The highest BCUT2D eigenvalue weighted by atomic mass is 32.2. The van der Waals surface area contributed by atoms with Gasteiger partial charge in [0.05, 0.1) is 7.11 Å². The van der Waals surface area contributed by atoms with Crippen molar-refractivity contribution in [2.75, 3.05) is 26.3 Å². The number of carbonyl (C=O) groups is 3. The Morgan fingerprint density at radius 3 is 2.50 bits per heavy atom. The van der Waals surface area contributed by atoms with Crippen LogP contribution in [-0.4, -0.2) is 48.1 Å². The Hall–Kier alpha value is -3.53. The molecule has 2 aromatic rings. The number of hydrogen-bond acceptors (Lipinski definition) is 9. The van der Waals surface area contributed by atoms with Crippen LogP contribution < -0.4 is 5.32 Å². The Morgan fingerprint density at radius 1 is 1.09 bits per heavy atom. The predicted octanol–water partition coefficient (Wildman–Crippen LogP) is 3.06. The summed E-state index contributed by atoms with van der Waals surface area (Å²) >= 11 is 1.36. The highest BCUT2D eigenvalue weighted by molar-refractivity contribution is 7.97. The number of nitrogens with one attached hydrogen (secondary N) is 1. The number of pyridine rings is 1. The highest BCUT2D eigenvalue weighted by Gasteiger charge is 2.39. The fourth-order valence-electron chi connectivity index (χ4n) is 2.86. The summed E-state index contributed by atoms with van der Waals surface area (Å²) in [5.41, 5.74) is -0.601. The predicted molar refractivity (Wildman–Crippen MR) is 118 cm³/mol. The van der Waals surface area contributed by atoms with Crippen molar-refractivity contribution >= 4 is 41.4 Å². The van der Waals surface area contributed by atoms with Crippen molar-refractivity contribution in [1.82, 2.24) is 9.29 Å². The van der Waals surface area contributed by atoms with Gasteiger partial charge < -0.3 is 23.8 Å². The van der Waals surface area contributed by atoms with Crippen LogP contribution in [-0.2, 0) is 28.6 Å². The average molecular weight is 458 g/mol. The van der Waals surface area contributed by atoms with Crippen LogP contribution in [0.3, 0.4) is 0 Å². The molecule has 1 aliphatic rings. The maximum atomic E-state index is 13.1. The molecule has 1 N–H and O–H groups in total. The molecule has 0 spiro atoms. The first-order valence-electron chi connectivity index (χ1n) is 9.62. The molecule has 0 aliphatic carbocycles. The van der Waals surface area contributed by atoms with Gasteiger partial charge in [-0.15, -0.1) is 0 Å². The SMILES string of the molecule is COC(=O)C(C)(C)C(=O)OCOC1=C(C(=O)Nc2ccccn2)N(C)Sc2ccccc21. The molecule has 32 heavy (non-hydrogen) atoms. The van der Waals surface area contributed by atoms with Gasteiger partial charge in [-0.2, -0.15) is 0 Å². The number of likely N-dealkylation sites (N-methyl/N-ethyl adjacent to an activating group) is 1. The Kier molecular flexibility index (Phi) is 7.04. The van der Waals surface area contributed by atoms with Gasteiger partial charge in [0.25, 0.3) is 5.91 Å². The van der Waals surface area contributed by atoms with E-state index in [-0.39, 0.29) is 11.5 Å². The van der Waals surface area contributed by atoms with E-state index in [1.807, 2.05) is 18.2 Å². The number of benzene rings is 1. The quantitative estimate of drug-likeness (QED) is 0.290. The van der Waals surface area contributed by atoms with Gasteiger partial charge in [-0.25, -0.2) is 4.98 Å². The van der Waals surface area contributed by atoms with Gasteiger partial charge in [-0.3, -0.25) is 14.4 Å². The number of carbonyl (C=O) groups excluding carboxylic acids is 3. The van der Waals surface area contributed by atoms with Gasteiger partial charge in [0, 0.05) is 23.7 Å². The van der Waals surface area contributed by atoms with E-state index < -0.39 is 30.1 Å². The van der Waals surface area contributed by atoms with E-state index in [1.165, 1.54) is 32.9 Å². The van der Waals surface area contributed by atoms with Crippen molar-refractivity contribution in [3.63, 3.8) is 0 Å². The number of methoxy groups -OCH3 is 1. The van der Waals surface area contributed by atoms with Gasteiger partial charge in [-0.1, -0.05) is 18.2 Å². The number of aromatic nitrogens is 1. The molecule has 9 nitrogen and oxygen atoms in total. The third-order valence-corrected chi connectivity index (χ3v) is 5.63. The zero-order valence-electron chi connectivity index (χ0n) is 18.1. The smallest absolute Gasteiger partial charge is 0.325 e. The van der Waals surface area contributed by atoms with Crippen LogP contribution in [0.4, 0.5) is 5.82 Å². The number of amides is 1. The fraction of sp³-hybridized carbons (Fsp3) is 0.273. The maximum absolute atomic E-state index is 13.1. The second-order valence-corrected chi connectivity index (χ2v) is 8.41. The van der Waals surface area contributed by atoms with E-state index in [0.29, 0.717) is 11.4 Å². The van der Waals surface area contributed by atoms with Crippen LogP contribution in [0.2, 0.25) is 0 Å². The van der Waals surface area contributed by atoms with E-state index in [9.17, 15) is 14.4 Å². The molecule has 0 atom stereocenters. The Labute approximate surface area is 189 Å². The van der Waals surface area contributed by atoms with Crippen molar-refractivity contribution in [2.45, 2.75) is 18.7 Å². The number of anilines is 1. The van der Waals surface area contributed by atoms with Crippen molar-refractivity contribution < 1.29 is 28.6 Å². The van der Waals surface area contributed by atoms with Gasteiger partial charge in [-0.05, 0) is 50.1 Å². The normalized spacial score (nSPS) is 13.2. The molecule has 1 aliphatic heterocycles. The summed E-state index contributed by atoms with van der Waals surface area (Å²) in [6.45, 7) is 2.29. The van der Waals surface area contributed by atoms with Gasteiger partial charge in [0.15, 0.2) is 16.9 Å². The summed E-state index contributed by atoms with van der Waals surface area (Å²) in [6.07, 6.45) is 1.57. The Balaban J connectivity index is 1.86. The van der Waals surface area contributed by atoms with Crippen molar-refractivity contribution in [2.24, 2.45) is 5.41 Å². The molecule has 0 saturated carbocycles. The summed E-state index contributed by atoms with van der Waals surface area (Å²) in [5, 5.41) is 2.74. The Morgan fingerprint density at radius 2 is 1.81 bits per heavy atom. The number of nitrogens with zero attached hydrogens (tertiary/aromatic N) is 2. The summed E-state index contributed by atoms with van der Waals surface area (Å²) in [4.78, 5) is 42.2. The minimum Gasteiger partial charge on any atom is -0.468 e. The molecule has 0 saturated heterocycles. The number of fused-ring (bicyclic) bond motifs is 1. The zero-order chi connectivity index (χ0) is 23.3. The molecular weight excluding hydrogens is 434 g/mol. The molecule has 2 heterocycles. The monoisotopic (exact) mass is 457 g/mol. The molecule has 0 bridgehead atoms. The molecule has 1 aromatic heterocycles. The third-order valence-electron chi connectivity index (χ3n) is 4.62. The first kappa shape index (κ1) is 23.1. The van der Waals surface area contributed by atoms with Crippen molar-refractivity contribution in [3.8, 4) is 0 Å². The topological polar surface area (TPSA) is 107 Å². The lowest BCUT2D eigenvalue weighted by Crippen LogP contribution is -2.36. The van der Waals surface area contributed by atoms with Gasteiger partial charge >= 0.3 is 11.9 Å². The molecule has 3 rings (SSSR count). The van der Waals surface area contributed by atoms with Crippen LogP contribution in [0.1, 0.15) is 19.4 Å². The molecule has 10 heteroatoms.